The SMILES string of the molecule is COc1cccc(C#CCNC(=O)n2cnc3c(N4CCN(C)CC4)cccc32)c1. The van der Waals surface area contributed by atoms with Crippen LogP contribution in [0.25, 0.3) is 11.0 Å². The number of anilines is 1. The summed E-state index contributed by atoms with van der Waals surface area (Å²) < 4.78 is 6.74. The summed E-state index contributed by atoms with van der Waals surface area (Å²) in [7, 11) is 3.76. The second-order valence-electron chi connectivity index (χ2n) is 7.24. The Bertz CT molecular complexity index is 1100. The maximum absolute atomic E-state index is 12.7. The molecule has 154 valence electrons. The average molecular weight is 403 g/mol. The lowest BCUT2D eigenvalue weighted by molar-refractivity contribution is 0.244. The summed E-state index contributed by atoms with van der Waals surface area (Å²) in [5.41, 5.74) is 3.56. The van der Waals surface area contributed by atoms with Crippen LogP contribution in [-0.2, 0) is 0 Å². The van der Waals surface area contributed by atoms with E-state index in [1.807, 2.05) is 36.4 Å². The van der Waals surface area contributed by atoms with Gasteiger partial charge in [-0.25, -0.2) is 9.78 Å². The number of nitrogens with zero attached hydrogens (tertiary/aromatic N) is 4. The highest BCUT2D eigenvalue weighted by Gasteiger charge is 2.19. The molecule has 0 atom stereocenters. The fourth-order valence-corrected chi connectivity index (χ4v) is 3.54. The van der Waals surface area contributed by atoms with E-state index in [0.717, 1.165) is 54.2 Å². The molecule has 4 rings (SSSR count). The molecule has 2 heterocycles. The van der Waals surface area contributed by atoms with Gasteiger partial charge in [0.1, 0.15) is 17.6 Å². The van der Waals surface area contributed by atoms with Gasteiger partial charge < -0.3 is 19.9 Å². The Morgan fingerprint density at radius 2 is 1.97 bits per heavy atom. The van der Waals surface area contributed by atoms with E-state index in [1.54, 1.807) is 18.0 Å². The second kappa shape index (κ2) is 8.89. The summed E-state index contributed by atoms with van der Waals surface area (Å²) in [4.78, 5) is 21.8. The number of rotatable bonds is 3. The van der Waals surface area contributed by atoms with Crippen molar-refractivity contribution < 1.29 is 9.53 Å². The van der Waals surface area contributed by atoms with Crippen LogP contribution in [0, 0.1) is 11.8 Å². The molecule has 0 aliphatic carbocycles. The van der Waals surface area contributed by atoms with E-state index in [0.29, 0.717) is 0 Å². The molecule has 0 saturated carbocycles. The van der Waals surface area contributed by atoms with Crippen molar-refractivity contribution in [2.24, 2.45) is 0 Å². The molecular formula is C23H25N5O2. The first-order valence-corrected chi connectivity index (χ1v) is 9.96. The summed E-state index contributed by atoms with van der Waals surface area (Å²) in [5.74, 6) is 6.77. The summed E-state index contributed by atoms with van der Waals surface area (Å²) in [6.07, 6.45) is 1.58. The van der Waals surface area contributed by atoms with Gasteiger partial charge in [-0.3, -0.25) is 4.57 Å². The molecule has 1 N–H and O–H groups in total. The van der Waals surface area contributed by atoms with Crippen molar-refractivity contribution in [2.75, 3.05) is 51.8 Å². The van der Waals surface area contributed by atoms with E-state index in [1.165, 1.54) is 0 Å². The summed E-state index contributed by atoms with van der Waals surface area (Å²) in [6.45, 7) is 4.18. The zero-order chi connectivity index (χ0) is 20.9. The van der Waals surface area contributed by atoms with E-state index in [-0.39, 0.29) is 12.6 Å². The Labute approximate surface area is 176 Å². The number of hydrogen-bond acceptors (Lipinski definition) is 5. The largest absolute Gasteiger partial charge is 0.497 e. The van der Waals surface area contributed by atoms with Crippen molar-refractivity contribution in [3.05, 3.63) is 54.4 Å². The van der Waals surface area contributed by atoms with Gasteiger partial charge in [0.2, 0.25) is 0 Å². The predicted octanol–water partition coefficient (Wildman–Crippen LogP) is 2.41. The zero-order valence-corrected chi connectivity index (χ0v) is 17.3. The van der Waals surface area contributed by atoms with Crippen LogP contribution in [0.3, 0.4) is 0 Å². The normalized spacial score (nSPS) is 14.3. The molecule has 0 unspecified atom stereocenters. The topological polar surface area (TPSA) is 62.6 Å². The van der Waals surface area contributed by atoms with Crippen molar-refractivity contribution in [3.63, 3.8) is 0 Å². The van der Waals surface area contributed by atoms with Crippen LogP contribution >= 0.6 is 0 Å². The smallest absolute Gasteiger partial charge is 0.328 e. The molecule has 0 spiro atoms. The summed E-state index contributed by atoms with van der Waals surface area (Å²) in [6, 6.07) is 13.2. The molecule has 1 aliphatic heterocycles. The fourth-order valence-electron chi connectivity index (χ4n) is 3.54. The lowest BCUT2D eigenvalue weighted by Gasteiger charge is -2.34. The fraction of sp³-hybridized carbons (Fsp3) is 0.304. The van der Waals surface area contributed by atoms with E-state index < -0.39 is 0 Å². The third-order valence-corrected chi connectivity index (χ3v) is 5.25. The Morgan fingerprint density at radius 1 is 1.17 bits per heavy atom. The van der Waals surface area contributed by atoms with Crippen LogP contribution in [0.4, 0.5) is 10.5 Å². The van der Waals surface area contributed by atoms with Crippen LogP contribution in [0.15, 0.2) is 48.8 Å². The van der Waals surface area contributed by atoms with Crippen molar-refractivity contribution in [2.45, 2.75) is 0 Å². The third kappa shape index (κ3) is 4.24. The number of likely N-dealkylation sites (N-methyl/N-ethyl adjacent to an activating group) is 1. The predicted molar refractivity (Wildman–Crippen MR) is 118 cm³/mol. The number of fused-ring (bicyclic) bond motifs is 1. The Hall–Kier alpha value is -3.50. The molecule has 1 aromatic heterocycles. The molecule has 1 aliphatic rings. The van der Waals surface area contributed by atoms with Gasteiger partial charge in [0.15, 0.2) is 0 Å². The van der Waals surface area contributed by atoms with Crippen LogP contribution < -0.4 is 15.0 Å². The van der Waals surface area contributed by atoms with Gasteiger partial charge in [0.05, 0.1) is 24.9 Å². The summed E-state index contributed by atoms with van der Waals surface area (Å²) in [5, 5.41) is 2.84. The van der Waals surface area contributed by atoms with Gasteiger partial charge in [-0.15, -0.1) is 0 Å². The van der Waals surface area contributed by atoms with Gasteiger partial charge in [-0.2, -0.15) is 0 Å². The minimum Gasteiger partial charge on any atom is -0.497 e. The standard InChI is InChI=1S/C23H25N5O2/c1-26-12-14-27(15-13-26)20-9-4-10-21-22(20)25-17-28(21)23(29)24-11-5-7-18-6-3-8-19(16-18)30-2/h3-4,6,8-10,16-17H,11-15H2,1-2H3,(H,24,29). The first kappa shape index (κ1) is 19.8. The number of amides is 1. The minimum atomic E-state index is -0.243. The maximum atomic E-state index is 12.7. The van der Waals surface area contributed by atoms with Gasteiger partial charge in [0, 0.05) is 31.7 Å². The molecule has 0 radical (unpaired) electrons. The molecule has 0 bridgehead atoms. The molecule has 1 fully saturated rings. The number of para-hydroxylation sites is 1. The average Bonchev–Trinajstić information content (AvgIpc) is 3.22. The number of hydrogen-bond donors (Lipinski definition) is 1. The molecule has 30 heavy (non-hydrogen) atoms. The number of carbonyl (C=O) groups excluding carboxylic acids is 1. The Balaban J connectivity index is 1.45. The highest BCUT2D eigenvalue weighted by molar-refractivity contribution is 5.95. The van der Waals surface area contributed by atoms with E-state index in [4.69, 9.17) is 4.74 Å². The number of ether oxygens (including phenoxy) is 1. The highest BCUT2D eigenvalue weighted by Crippen LogP contribution is 2.26. The molecule has 2 aromatic carbocycles. The maximum Gasteiger partial charge on any atom is 0.328 e. The lowest BCUT2D eigenvalue weighted by atomic mass is 10.2. The van der Waals surface area contributed by atoms with Crippen molar-refractivity contribution in [1.29, 1.82) is 0 Å². The number of carbonyl (C=O) groups is 1. The first-order valence-electron chi connectivity index (χ1n) is 9.96. The van der Waals surface area contributed by atoms with Crippen molar-refractivity contribution >= 4 is 22.8 Å². The molecule has 7 nitrogen and oxygen atoms in total. The van der Waals surface area contributed by atoms with E-state index in [2.05, 4.69) is 45.1 Å². The molecule has 1 saturated heterocycles. The molecule has 1 amide bonds. The number of imidazole rings is 1. The Kier molecular flexibility index (Phi) is 5.87. The summed E-state index contributed by atoms with van der Waals surface area (Å²) >= 11 is 0. The van der Waals surface area contributed by atoms with Gasteiger partial charge >= 0.3 is 6.03 Å². The number of methoxy groups -OCH3 is 1. The van der Waals surface area contributed by atoms with E-state index >= 15 is 0 Å². The third-order valence-electron chi connectivity index (χ3n) is 5.25. The minimum absolute atomic E-state index is 0.243. The number of benzene rings is 2. The highest BCUT2D eigenvalue weighted by atomic mass is 16.5. The monoisotopic (exact) mass is 403 g/mol. The molecular weight excluding hydrogens is 378 g/mol. The van der Waals surface area contributed by atoms with Crippen LogP contribution in [0.1, 0.15) is 5.56 Å². The number of piperazine rings is 1. The van der Waals surface area contributed by atoms with E-state index in [9.17, 15) is 4.79 Å². The number of aromatic nitrogens is 2. The van der Waals surface area contributed by atoms with Crippen molar-refractivity contribution in [3.8, 4) is 17.6 Å². The quantitative estimate of drug-likeness (QED) is 0.681. The zero-order valence-electron chi connectivity index (χ0n) is 17.3. The van der Waals surface area contributed by atoms with Gasteiger partial charge in [-0.05, 0) is 37.4 Å². The Morgan fingerprint density at radius 3 is 2.77 bits per heavy atom. The van der Waals surface area contributed by atoms with Gasteiger partial charge in [-0.1, -0.05) is 24.0 Å². The van der Waals surface area contributed by atoms with Crippen LogP contribution in [-0.4, -0.2) is 67.4 Å². The first-order chi connectivity index (χ1) is 14.7. The molecule has 7 heteroatoms. The van der Waals surface area contributed by atoms with Crippen molar-refractivity contribution in [1.82, 2.24) is 19.8 Å². The van der Waals surface area contributed by atoms with Crippen LogP contribution in [0.2, 0.25) is 0 Å². The second-order valence-corrected chi connectivity index (χ2v) is 7.24. The molecule has 3 aromatic rings. The van der Waals surface area contributed by atoms with Crippen LogP contribution in [0.5, 0.6) is 5.75 Å². The van der Waals surface area contributed by atoms with Gasteiger partial charge in [0.25, 0.3) is 0 Å². The number of nitrogens with one attached hydrogen (secondary N) is 1. The lowest BCUT2D eigenvalue weighted by Crippen LogP contribution is -2.44.